The molecule has 3 heteroatoms. The molecule has 3 saturated carbocycles. The van der Waals surface area contributed by atoms with Crippen molar-refractivity contribution in [2.24, 2.45) is 35.3 Å². The van der Waals surface area contributed by atoms with Crippen LogP contribution in [0.4, 0.5) is 0 Å². The van der Waals surface area contributed by atoms with Crippen LogP contribution in [0.1, 0.15) is 30.9 Å². The summed E-state index contributed by atoms with van der Waals surface area (Å²) >= 11 is 0. The molecule has 0 saturated heterocycles. The van der Waals surface area contributed by atoms with E-state index < -0.39 is 0 Å². The average molecular weight is 273 g/mol. The maximum atomic E-state index is 6.56. The molecule has 3 fully saturated rings. The number of hydrogen-bond acceptors (Lipinski definition) is 3. The third kappa shape index (κ3) is 1.62. The van der Waals surface area contributed by atoms with E-state index in [1.165, 1.54) is 24.8 Å². The van der Waals surface area contributed by atoms with Crippen LogP contribution in [0.25, 0.3) is 0 Å². The average Bonchev–Trinajstić information content (AvgIpc) is 2.92. The second-order valence-corrected chi connectivity index (χ2v) is 6.71. The highest BCUT2D eigenvalue weighted by Crippen LogP contribution is 2.71. The van der Waals surface area contributed by atoms with Gasteiger partial charge in [-0.3, -0.25) is 0 Å². The Morgan fingerprint density at radius 1 is 1.05 bits per heavy atom. The highest BCUT2D eigenvalue weighted by atomic mass is 16.5. The summed E-state index contributed by atoms with van der Waals surface area (Å²) in [5.74, 6) is 6.05. The summed E-state index contributed by atoms with van der Waals surface area (Å²) in [6, 6.07) is 6.29. The molecule has 1 aromatic rings. The lowest BCUT2D eigenvalue weighted by Crippen LogP contribution is -2.17. The molecule has 0 radical (unpaired) electrons. The van der Waals surface area contributed by atoms with Crippen LogP contribution in [0.5, 0.6) is 11.5 Å². The Morgan fingerprint density at radius 3 is 2.30 bits per heavy atom. The number of nitrogens with two attached hydrogens (primary N) is 1. The Balaban J connectivity index is 1.56. The van der Waals surface area contributed by atoms with Gasteiger partial charge in [0.25, 0.3) is 0 Å². The molecule has 2 bridgehead atoms. The Hall–Kier alpha value is -1.22. The Morgan fingerprint density at radius 2 is 1.70 bits per heavy atom. The minimum atomic E-state index is 0.160. The van der Waals surface area contributed by atoms with Crippen LogP contribution in [-0.2, 0) is 0 Å². The van der Waals surface area contributed by atoms with Crippen molar-refractivity contribution >= 4 is 0 Å². The SMILES string of the molecule is COc1ccc(C(N)C2C3C4CCC(C4)C32)cc1OC. The second-order valence-electron chi connectivity index (χ2n) is 6.71. The van der Waals surface area contributed by atoms with E-state index >= 15 is 0 Å². The molecular formula is C17H23NO2. The lowest BCUT2D eigenvalue weighted by Gasteiger charge is -2.18. The van der Waals surface area contributed by atoms with Gasteiger partial charge >= 0.3 is 0 Å². The largest absolute Gasteiger partial charge is 0.493 e. The van der Waals surface area contributed by atoms with Gasteiger partial charge in [0, 0.05) is 6.04 Å². The molecule has 5 atom stereocenters. The molecule has 3 aliphatic rings. The molecule has 1 aromatic carbocycles. The molecule has 4 rings (SSSR count). The zero-order valence-corrected chi connectivity index (χ0v) is 12.2. The topological polar surface area (TPSA) is 44.5 Å². The molecule has 0 aliphatic heterocycles. The van der Waals surface area contributed by atoms with E-state index in [9.17, 15) is 0 Å². The summed E-state index contributed by atoms with van der Waals surface area (Å²) in [4.78, 5) is 0. The molecule has 2 N–H and O–H groups in total. The minimum absolute atomic E-state index is 0.160. The van der Waals surface area contributed by atoms with Crippen molar-refractivity contribution in [3.63, 3.8) is 0 Å². The summed E-state index contributed by atoms with van der Waals surface area (Å²) in [6.45, 7) is 0. The van der Waals surface area contributed by atoms with E-state index in [1.54, 1.807) is 14.2 Å². The van der Waals surface area contributed by atoms with E-state index in [2.05, 4.69) is 12.1 Å². The lowest BCUT2D eigenvalue weighted by molar-refractivity contribution is 0.353. The third-order valence-corrected chi connectivity index (χ3v) is 6.00. The maximum Gasteiger partial charge on any atom is 0.161 e. The summed E-state index contributed by atoms with van der Waals surface area (Å²) < 4.78 is 10.7. The van der Waals surface area contributed by atoms with Crippen molar-refractivity contribution in [1.29, 1.82) is 0 Å². The van der Waals surface area contributed by atoms with Crippen molar-refractivity contribution in [3.05, 3.63) is 23.8 Å². The smallest absolute Gasteiger partial charge is 0.161 e. The van der Waals surface area contributed by atoms with Gasteiger partial charge in [0.1, 0.15) is 0 Å². The standard InChI is InChI=1S/C17H23NO2/c1-19-12-6-5-11(8-13(12)20-2)17(18)16-14-9-3-4-10(7-9)15(14)16/h5-6,8-10,14-17H,3-4,7,18H2,1-2H3. The van der Waals surface area contributed by atoms with Gasteiger partial charge in [-0.25, -0.2) is 0 Å². The van der Waals surface area contributed by atoms with Gasteiger partial charge in [-0.15, -0.1) is 0 Å². The molecule has 0 amide bonds. The fraction of sp³-hybridized carbons (Fsp3) is 0.647. The molecule has 20 heavy (non-hydrogen) atoms. The Kier molecular flexibility index (Phi) is 2.75. The molecular weight excluding hydrogens is 250 g/mol. The van der Waals surface area contributed by atoms with E-state index in [0.29, 0.717) is 5.92 Å². The molecule has 5 unspecified atom stereocenters. The van der Waals surface area contributed by atoms with Crippen LogP contribution in [0.2, 0.25) is 0 Å². The van der Waals surface area contributed by atoms with E-state index in [0.717, 1.165) is 35.2 Å². The highest BCUT2D eigenvalue weighted by molar-refractivity contribution is 5.44. The fourth-order valence-corrected chi connectivity index (χ4v) is 5.16. The zero-order chi connectivity index (χ0) is 13.9. The van der Waals surface area contributed by atoms with Gasteiger partial charge in [0.2, 0.25) is 0 Å². The zero-order valence-electron chi connectivity index (χ0n) is 12.2. The predicted octanol–water partition coefficient (Wildman–Crippen LogP) is 3.00. The van der Waals surface area contributed by atoms with Gasteiger partial charge in [-0.2, -0.15) is 0 Å². The summed E-state index contributed by atoms with van der Waals surface area (Å²) in [5.41, 5.74) is 7.76. The molecule has 0 aromatic heterocycles. The lowest BCUT2D eigenvalue weighted by atomic mass is 9.93. The first kappa shape index (κ1) is 12.5. The Labute approximate surface area is 120 Å². The fourth-order valence-electron chi connectivity index (χ4n) is 5.16. The van der Waals surface area contributed by atoms with Crippen LogP contribution in [0.3, 0.4) is 0 Å². The number of fused-ring (bicyclic) bond motifs is 5. The van der Waals surface area contributed by atoms with Crippen molar-refractivity contribution in [2.45, 2.75) is 25.3 Å². The molecule has 108 valence electrons. The van der Waals surface area contributed by atoms with Crippen LogP contribution < -0.4 is 15.2 Å². The monoisotopic (exact) mass is 273 g/mol. The van der Waals surface area contributed by atoms with E-state index in [1.807, 2.05) is 6.07 Å². The number of hydrogen-bond donors (Lipinski definition) is 1. The van der Waals surface area contributed by atoms with Crippen LogP contribution in [0.15, 0.2) is 18.2 Å². The number of ether oxygens (including phenoxy) is 2. The molecule has 3 nitrogen and oxygen atoms in total. The second kappa shape index (κ2) is 4.39. The number of methoxy groups -OCH3 is 2. The third-order valence-electron chi connectivity index (χ3n) is 6.00. The molecule has 3 aliphatic carbocycles. The van der Waals surface area contributed by atoms with E-state index in [4.69, 9.17) is 15.2 Å². The number of rotatable bonds is 4. The summed E-state index contributed by atoms with van der Waals surface area (Å²) in [6.07, 6.45) is 4.37. The Bertz CT molecular complexity index is 514. The van der Waals surface area contributed by atoms with Crippen molar-refractivity contribution in [1.82, 2.24) is 0 Å². The van der Waals surface area contributed by atoms with Crippen molar-refractivity contribution in [3.8, 4) is 11.5 Å². The minimum Gasteiger partial charge on any atom is -0.493 e. The summed E-state index contributed by atoms with van der Waals surface area (Å²) in [7, 11) is 3.35. The van der Waals surface area contributed by atoms with Crippen molar-refractivity contribution in [2.75, 3.05) is 14.2 Å². The van der Waals surface area contributed by atoms with Gasteiger partial charge in [-0.1, -0.05) is 6.07 Å². The van der Waals surface area contributed by atoms with Gasteiger partial charge < -0.3 is 15.2 Å². The maximum absolute atomic E-state index is 6.56. The van der Waals surface area contributed by atoms with Gasteiger partial charge in [-0.05, 0) is 66.5 Å². The first-order valence-electron chi connectivity index (χ1n) is 7.72. The van der Waals surface area contributed by atoms with Crippen LogP contribution in [0, 0.1) is 29.6 Å². The first-order chi connectivity index (χ1) is 9.74. The quantitative estimate of drug-likeness (QED) is 0.917. The van der Waals surface area contributed by atoms with E-state index in [-0.39, 0.29) is 6.04 Å². The highest BCUT2D eigenvalue weighted by Gasteiger charge is 2.66. The van der Waals surface area contributed by atoms with Gasteiger partial charge in [0.15, 0.2) is 11.5 Å². The first-order valence-corrected chi connectivity index (χ1v) is 7.72. The number of benzene rings is 1. The molecule has 0 spiro atoms. The molecule has 0 heterocycles. The van der Waals surface area contributed by atoms with Crippen LogP contribution >= 0.6 is 0 Å². The predicted molar refractivity (Wildman–Crippen MR) is 77.8 cm³/mol. The van der Waals surface area contributed by atoms with Crippen LogP contribution in [-0.4, -0.2) is 14.2 Å². The summed E-state index contributed by atoms with van der Waals surface area (Å²) in [5, 5.41) is 0. The van der Waals surface area contributed by atoms with Crippen molar-refractivity contribution < 1.29 is 9.47 Å². The van der Waals surface area contributed by atoms with Gasteiger partial charge in [0.05, 0.1) is 14.2 Å². The normalized spacial score (nSPS) is 38.5.